The normalized spacial score (nSPS) is 12.4. The van der Waals surface area contributed by atoms with Gasteiger partial charge in [-0.25, -0.2) is 8.42 Å². The number of aryl methyl sites for hydroxylation is 1. The Morgan fingerprint density at radius 3 is 2.24 bits per heavy atom. The highest BCUT2D eigenvalue weighted by Crippen LogP contribution is 2.33. The van der Waals surface area contributed by atoms with Gasteiger partial charge in [-0.1, -0.05) is 42.8 Å². The predicted molar refractivity (Wildman–Crippen MR) is 149 cm³/mol. The number of halogens is 3. The monoisotopic (exact) mass is 591 g/mol. The number of carbonyl (C=O) groups is 2. The number of amides is 2. The van der Waals surface area contributed by atoms with Crippen LogP contribution in [0.15, 0.2) is 77.7 Å². The van der Waals surface area contributed by atoms with E-state index in [0.717, 1.165) is 17.7 Å². The summed E-state index contributed by atoms with van der Waals surface area (Å²) in [6.45, 7) is 2.52. The number of likely N-dealkylation sites (N-methyl/N-ethyl adjacent to an activating group) is 1. The first-order chi connectivity index (χ1) is 19.3. The summed E-state index contributed by atoms with van der Waals surface area (Å²) in [5.74, 6) is -0.748. The second kappa shape index (κ2) is 13.1. The van der Waals surface area contributed by atoms with Gasteiger partial charge in [0, 0.05) is 13.6 Å². The number of anilines is 1. The van der Waals surface area contributed by atoms with Crippen molar-refractivity contribution in [2.24, 2.45) is 0 Å². The van der Waals surface area contributed by atoms with E-state index in [-0.39, 0.29) is 23.5 Å². The molecule has 3 rings (SSSR count). The third kappa shape index (κ3) is 7.57. The molecule has 0 aliphatic carbocycles. The van der Waals surface area contributed by atoms with Crippen molar-refractivity contribution >= 4 is 27.5 Å². The second-order valence-electron chi connectivity index (χ2n) is 9.28. The average Bonchev–Trinajstić information content (AvgIpc) is 2.95. The van der Waals surface area contributed by atoms with Gasteiger partial charge in [-0.05, 0) is 61.4 Å². The first-order valence-electron chi connectivity index (χ1n) is 12.7. The van der Waals surface area contributed by atoms with Gasteiger partial charge in [0.1, 0.15) is 18.3 Å². The Hall–Kier alpha value is -4.06. The Bertz CT molecular complexity index is 1480. The molecule has 0 aromatic heterocycles. The van der Waals surface area contributed by atoms with Gasteiger partial charge < -0.3 is 15.0 Å². The molecule has 12 heteroatoms. The maximum Gasteiger partial charge on any atom is 0.416 e. The Balaban J connectivity index is 2.12. The molecule has 0 heterocycles. The lowest BCUT2D eigenvalue weighted by atomic mass is 10.1. The number of benzene rings is 3. The van der Waals surface area contributed by atoms with Gasteiger partial charge in [-0.15, -0.1) is 0 Å². The summed E-state index contributed by atoms with van der Waals surface area (Å²) < 4.78 is 74.2. The molecule has 2 amide bonds. The highest BCUT2D eigenvalue weighted by Gasteiger charge is 2.35. The van der Waals surface area contributed by atoms with E-state index < -0.39 is 46.2 Å². The number of sulfonamides is 1. The summed E-state index contributed by atoms with van der Waals surface area (Å²) >= 11 is 0. The lowest BCUT2D eigenvalue weighted by Crippen LogP contribution is -2.51. The molecule has 0 spiro atoms. The molecule has 1 N–H and O–H groups in total. The van der Waals surface area contributed by atoms with E-state index >= 15 is 0 Å². The minimum Gasteiger partial charge on any atom is -0.497 e. The molecule has 3 aromatic carbocycles. The fourth-order valence-electron chi connectivity index (χ4n) is 4.26. The Labute approximate surface area is 237 Å². The molecule has 0 fully saturated rings. The lowest BCUT2D eigenvalue weighted by molar-refractivity contribution is -0.140. The zero-order valence-electron chi connectivity index (χ0n) is 23.1. The van der Waals surface area contributed by atoms with Crippen molar-refractivity contribution in [2.45, 2.75) is 43.9 Å². The van der Waals surface area contributed by atoms with Crippen LogP contribution in [0.3, 0.4) is 0 Å². The van der Waals surface area contributed by atoms with E-state index in [9.17, 15) is 31.2 Å². The minimum atomic E-state index is -4.75. The number of methoxy groups -OCH3 is 1. The molecular weight excluding hydrogens is 559 g/mol. The summed E-state index contributed by atoms with van der Waals surface area (Å²) in [5.41, 5.74) is -0.0433. The van der Waals surface area contributed by atoms with E-state index in [0.29, 0.717) is 21.7 Å². The van der Waals surface area contributed by atoms with E-state index in [1.165, 1.54) is 37.3 Å². The van der Waals surface area contributed by atoms with E-state index in [1.807, 2.05) is 0 Å². The van der Waals surface area contributed by atoms with Crippen molar-refractivity contribution in [3.05, 3.63) is 89.5 Å². The molecule has 3 aromatic rings. The molecule has 1 atom stereocenters. The van der Waals surface area contributed by atoms with E-state index in [2.05, 4.69) is 5.32 Å². The van der Waals surface area contributed by atoms with Crippen molar-refractivity contribution in [2.75, 3.05) is 25.0 Å². The molecule has 8 nitrogen and oxygen atoms in total. The third-order valence-corrected chi connectivity index (χ3v) is 8.26. The minimum absolute atomic E-state index is 0.0804. The van der Waals surface area contributed by atoms with Crippen molar-refractivity contribution in [3.63, 3.8) is 0 Å². The number of nitrogens with one attached hydrogen (secondary N) is 1. The maximum absolute atomic E-state index is 13.9. The summed E-state index contributed by atoms with van der Waals surface area (Å²) in [7, 11) is -1.62. The van der Waals surface area contributed by atoms with Crippen LogP contribution in [0.5, 0.6) is 5.75 Å². The van der Waals surface area contributed by atoms with Gasteiger partial charge in [0.25, 0.3) is 10.0 Å². The molecule has 41 heavy (non-hydrogen) atoms. The van der Waals surface area contributed by atoms with Crippen LogP contribution in [-0.4, -0.2) is 51.9 Å². The predicted octanol–water partition coefficient (Wildman–Crippen LogP) is 4.77. The lowest BCUT2D eigenvalue weighted by Gasteiger charge is -2.33. The van der Waals surface area contributed by atoms with Gasteiger partial charge in [0.2, 0.25) is 11.8 Å². The fraction of sp³-hybridized carbons (Fsp3) is 0.310. The number of carbonyl (C=O) groups excluding carboxylic acids is 2. The largest absolute Gasteiger partial charge is 0.497 e. The molecule has 0 unspecified atom stereocenters. The van der Waals surface area contributed by atoms with Gasteiger partial charge in [0.05, 0.1) is 23.3 Å². The van der Waals surface area contributed by atoms with Crippen LogP contribution in [-0.2, 0) is 32.3 Å². The number of hydrogen-bond donors (Lipinski definition) is 1. The van der Waals surface area contributed by atoms with Gasteiger partial charge in [-0.3, -0.25) is 13.9 Å². The van der Waals surface area contributed by atoms with Crippen LogP contribution >= 0.6 is 0 Å². The molecular formula is C29H32F3N3O5S. The van der Waals surface area contributed by atoms with Crippen molar-refractivity contribution in [3.8, 4) is 5.75 Å². The van der Waals surface area contributed by atoms with Crippen LogP contribution in [0.2, 0.25) is 0 Å². The zero-order valence-corrected chi connectivity index (χ0v) is 23.9. The van der Waals surface area contributed by atoms with Crippen LogP contribution in [0.1, 0.15) is 30.0 Å². The number of hydrogen-bond acceptors (Lipinski definition) is 5. The van der Waals surface area contributed by atoms with Crippen molar-refractivity contribution in [1.29, 1.82) is 0 Å². The number of nitrogens with zero attached hydrogens (tertiary/aromatic N) is 2. The Morgan fingerprint density at radius 1 is 1.00 bits per heavy atom. The van der Waals surface area contributed by atoms with Crippen molar-refractivity contribution < 1.29 is 35.9 Å². The van der Waals surface area contributed by atoms with Crippen LogP contribution in [0.25, 0.3) is 0 Å². The second-order valence-corrected chi connectivity index (χ2v) is 11.1. The Morgan fingerprint density at radius 2 is 1.66 bits per heavy atom. The smallest absolute Gasteiger partial charge is 0.416 e. The third-order valence-electron chi connectivity index (χ3n) is 6.47. The molecule has 0 aliphatic rings. The maximum atomic E-state index is 13.9. The molecule has 0 saturated carbocycles. The first-order valence-corrected chi connectivity index (χ1v) is 14.2. The van der Waals surface area contributed by atoms with Gasteiger partial charge >= 0.3 is 6.18 Å². The summed E-state index contributed by atoms with van der Waals surface area (Å²) in [6, 6.07) is 15.3. The van der Waals surface area contributed by atoms with Gasteiger partial charge in [-0.2, -0.15) is 13.2 Å². The van der Waals surface area contributed by atoms with Gasteiger partial charge in [0.15, 0.2) is 0 Å². The van der Waals surface area contributed by atoms with Crippen LogP contribution in [0, 0.1) is 6.92 Å². The number of alkyl halides is 3. The molecule has 0 aliphatic heterocycles. The number of ether oxygens (including phenoxy) is 1. The fourth-order valence-corrected chi connectivity index (χ4v) is 5.66. The summed E-state index contributed by atoms with van der Waals surface area (Å²) in [4.78, 5) is 27.7. The van der Waals surface area contributed by atoms with Crippen LogP contribution < -0.4 is 14.4 Å². The molecule has 0 saturated heterocycles. The number of rotatable bonds is 11. The quantitative estimate of drug-likeness (QED) is 0.347. The highest BCUT2D eigenvalue weighted by molar-refractivity contribution is 7.92. The highest BCUT2D eigenvalue weighted by atomic mass is 32.2. The first kappa shape index (κ1) is 31.5. The standard InChI is InChI=1S/C29H32F3N3O5S/c1-5-26(28(37)33-3)34(18-21-8-6-11-24(16-21)40-4)27(36)19-35(23-10-7-9-22(17-23)29(30,31)32)41(38,39)25-14-12-20(2)13-15-25/h6-17,26H,5,18-19H2,1-4H3,(H,33,37)/t26-/m1/s1. The molecule has 220 valence electrons. The summed E-state index contributed by atoms with van der Waals surface area (Å²) in [5, 5.41) is 2.52. The SMILES string of the molecule is CC[C@H](C(=O)NC)N(Cc1cccc(OC)c1)C(=O)CN(c1cccc(C(F)(F)F)c1)S(=O)(=O)c1ccc(C)cc1. The van der Waals surface area contributed by atoms with E-state index in [1.54, 1.807) is 50.2 Å². The molecule has 0 radical (unpaired) electrons. The zero-order chi connectivity index (χ0) is 30.4. The van der Waals surface area contributed by atoms with E-state index in [4.69, 9.17) is 4.74 Å². The van der Waals surface area contributed by atoms with Crippen molar-refractivity contribution in [1.82, 2.24) is 10.2 Å². The summed E-state index contributed by atoms with van der Waals surface area (Å²) in [6.07, 6.45) is -4.55. The van der Waals surface area contributed by atoms with Crippen LogP contribution in [0.4, 0.5) is 18.9 Å². The Kier molecular flexibility index (Phi) is 10.0. The molecule has 0 bridgehead atoms. The topological polar surface area (TPSA) is 96.0 Å². The average molecular weight is 592 g/mol.